The van der Waals surface area contributed by atoms with Crippen molar-refractivity contribution >= 4 is 16.1 Å². The third-order valence-electron chi connectivity index (χ3n) is 3.47. The summed E-state index contributed by atoms with van der Waals surface area (Å²) < 4.78 is 26.6. The quantitative estimate of drug-likeness (QED) is 0.836. The summed E-state index contributed by atoms with van der Waals surface area (Å²) in [6, 6.07) is 9.41. The van der Waals surface area contributed by atoms with Crippen LogP contribution in [0.5, 0.6) is 0 Å². The van der Waals surface area contributed by atoms with E-state index in [9.17, 15) is 8.42 Å². The SMILES string of the molecule is CC(C)C(CNS(=O)(=O)/C=C/c1ccccc1)C(C)C. The first-order valence-electron chi connectivity index (χ1n) is 7.04. The normalized spacial score (nSPS) is 12.9. The van der Waals surface area contributed by atoms with E-state index in [-0.39, 0.29) is 0 Å². The molecule has 0 saturated carbocycles. The third kappa shape index (κ3) is 5.88. The minimum absolute atomic E-state index is 0.343. The molecule has 1 rings (SSSR count). The van der Waals surface area contributed by atoms with Gasteiger partial charge in [-0.15, -0.1) is 0 Å². The first-order valence-corrected chi connectivity index (χ1v) is 8.59. The lowest BCUT2D eigenvalue weighted by Gasteiger charge is -2.24. The molecule has 0 fully saturated rings. The van der Waals surface area contributed by atoms with E-state index in [0.29, 0.717) is 24.3 Å². The topological polar surface area (TPSA) is 46.2 Å². The van der Waals surface area contributed by atoms with Crippen LogP contribution in [0, 0.1) is 17.8 Å². The summed E-state index contributed by atoms with van der Waals surface area (Å²) in [7, 11) is -3.37. The van der Waals surface area contributed by atoms with Crippen molar-refractivity contribution in [3.05, 3.63) is 41.3 Å². The maximum Gasteiger partial charge on any atom is 0.233 e. The number of sulfonamides is 1. The van der Waals surface area contributed by atoms with Crippen molar-refractivity contribution in [2.45, 2.75) is 27.7 Å². The van der Waals surface area contributed by atoms with Crippen molar-refractivity contribution in [3.8, 4) is 0 Å². The summed E-state index contributed by atoms with van der Waals surface area (Å²) in [6.07, 6.45) is 1.61. The Bertz CT molecular complexity index is 511. The highest BCUT2D eigenvalue weighted by atomic mass is 32.2. The van der Waals surface area contributed by atoms with E-state index in [1.165, 1.54) is 5.41 Å². The molecule has 4 heteroatoms. The first kappa shape index (κ1) is 16.9. The summed E-state index contributed by atoms with van der Waals surface area (Å²) in [4.78, 5) is 0. The fourth-order valence-corrected chi connectivity index (χ4v) is 3.09. The molecule has 0 aliphatic heterocycles. The molecule has 0 heterocycles. The molecule has 0 saturated heterocycles. The maximum absolute atomic E-state index is 12.0. The van der Waals surface area contributed by atoms with E-state index < -0.39 is 10.0 Å². The molecule has 20 heavy (non-hydrogen) atoms. The molecular formula is C16H25NO2S. The molecule has 0 bridgehead atoms. The monoisotopic (exact) mass is 295 g/mol. The summed E-state index contributed by atoms with van der Waals surface area (Å²) in [6.45, 7) is 8.98. The Kier molecular flexibility index (Phi) is 6.43. The average Bonchev–Trinajstić information content (AvgIpc) is 2.37. The molecule has 0 radical (unpaired) electrons. The summed E-state index contributed by atoms with van der Waals surface area (Å²) in [5, 5.41) is 1.24. The van der Waals surface area contributed by atoms with Crippen molar-refractivity contribution in [1.29, 1.82) is 0 Å². The number of nitrogens with one attached hydrogen (secondary N) is 1. The van der Waals surface area contributed by atoms with E-state index >= 15 is 0 Å². The van der Waals surface area contributed by atoms with Crippen LogP contribution in [0.2, 0.25) is 0 Å². The van der Waals surface area contributed by atoms with E-state index in [1.807, 2.05) is 30.3 Å². The standard InChI is InChI=1S/C16H25NO2S/c1-13(2)16(14(3)4)12-17-20(18,19)11-10-15-8-6-5-7-9-15/h5-11,13-14,16-17H,12H2,1-4H3/b11-10+. The van der Waals surface area contributed by atoms with Gasteiger partial charge in [0, 0.05) is 12.0 Å². The molecule has 0 spiro atoms. The van der Waals surface area contributed by atoms with Crippen molar-refractivity contribution < 1.29 is 8.42 Å². The van der Waals surface area contributed by atoms with Gasteiger partial charge >= 0.3 is 0 Å². The van der Waals surface area contributed by atoms with Gasteiger partial charge in [-0.2, -0.15) is 0 Å². The largest absolute Gasteiger partial charge is 0.233 e. The predicted octanol–water partition coefficient (Wildman–Crippen LogP) is 3.50. The van der Waals surface area contributed by atoms with E-state index in [2.05, 4.69) is 32.4 Å². The van der Waals surface area contributed by atoms with Gasteiger partial charge in [-0.1, -0.05) is 58.0 Å². The molecule has 1 N–H and O–H groups in total. The van der Waals surface area contributed by atoms with E-state index in [1.54, 1.807) is 6.08 Å². The van der Waals surface area contributed by atoms with E-state index in [4.69, 9.17) is 0 Å². The van der Waals surface area contributed by atoms with Crippen LogP contribution < -0.4 is 4.72 Å². The number of hydrogen-bond donors (Lipinski definition) is 1. The van der Waals surface area contributed by atoms with Crippen molar-refractivity contribution in [2.75, 3.05) is 6.54 Å². The van der Waals surface area contributed by atoms with Crippen LogP contribution >= 0.6 is 0 Å². The lowest BCUT2D eigenvalue weighted by molar-refractivity contribution is 0.289. The zero-order chi connectivity index (χ0) is 15.2. The predicted molar refractivity (Wildman–Crippen MR) is 85.6 cm³/mol. The molecule has 0 aliphatic rings. The molecule has 0 aliphatic carbocycles. The van der Waals surface area contributed by atoms with Gasteiger partial charge < -0.3 is 0 Å². The van der Waals surface area contributed by atoms with Crippen LogP contribution in [-0.2, 0) is 10.0 Å². The second kappa shape index (κ2) is 7.60. The number of benzene rings is 1. The number of hydrogen-bond acceptors (Lipinski definition) is 2. The van der Waals surface area contributed by atoms with Gasteiger partial charge in [0.15, 0.2) is 0 Å². The highest BCUT2D eigenvalue weighted by molar-refractivity contribution is 7.92. The van der Waals surface area contributed by atoms with Crippen molar-refractivity contribution in [3.63, 3.8) is 0 Å². The van der Waals surface area contributed by atoms with Crippen LogP contribution in [-0.4, -0.2) is 15.0 Å². The fourth-order valence-electron chi connectivity index (χ4n) is 2.23. The highest BCUT2D eigenvalue weighted by Crippen LogP contribution is 2.19. The average molecular weight is 295 g/mol. The van der Waals surface area contributed by atoms with Crippen LogP contribution in [0.15, 0.2) is 35.7 Å². The molecule has 112 valence electrons. The Hall–Kier alpha value is -1.13. The van der Waals surface area contributed by atoms with Crippen LogP contribution in [0.1, 0.15) is 33.3 Å². The minimum Gasteiger partial charge on any atom is -0.211 e. The minimum atomic E-state index is -3.37. The second-order valence-corrected chi connectivity index (χ2v) is 7.41. The van der Waals surface area contributed by atoms with Gasteiger partial charge in [0.25, 0.3) is 0 Å². The molecule has 3 nitrogen and oxygen atoms in total. The van der Waals surface area contributed by atoms with Crippen LogP contribution in [0.4, 0.5) is 0 Å². The molecule has 0 amide bonds. The third-order valence-corrected chi connectivity index (χ3v) is 4.54. The first-order chi connectivity index (χ1) is 9.32. The van der Waals surface area contributed by atoms with Gasteiger partial charge in [-0.05, 0) is 29.4 Å². The maximum atomic E-state index is 12.0. The molecule has 0 aromatic heterocycles. The Balaban J connectivity index is 2.64. The summed E-state index contributed by atoms with van der Waals surface area (Å²) >= 11 is 0. The Morgan fingerprint density at radius 3 is 2.10 bits per heavy atom. The Labute approximate surface area is 123 Å². The number of rotatable bonds is 7. The molecule has 0 unspecified atom stereocenters. The lowest BCUT2D eigenvalue weighted by atomic mass is 9.86. The zero-order valence-electron chi connectivity index (χ0n) is 12.7. The van der Waals surface area contributed by atoms with Gasteiger partial charge in [0.2, 0.25) is 10.0 Å². The molecule has 0 atom stereocenters. The van der Waals surface area contributed by atoms with Crippen molar-refractivity contribution in [2.24, 2.45) is 17.8 Å². The smallest absolute Gasteiger partial charge is 0.211 e. The lowest BCUT2D eigenvalue weighted by Crippen LogP contribution is -2.32. The van der Waals surface area contributed by atoms with E-state index in [0.717, 1.165) is 5.56 Å². The Morgan fingerprint density at radius 2 is 1.60 bits per heavy atom. The summed E-state index contributed by atoms with van der Waals surface area (Å²) in [5.41, 5.74) is 0.877. The molecular weight excluding hydrogens is 270 g/mol. The van der Waals surface area contributed by atoms with Crippen molar-refractivity contribution in [1.82, 2.24) is 4.72 Å². The second-order valence-electron chi connectivity index (χ2n) is 5.76. The fraction of sp³-hybridized carbons (Fsp3) is 0.500. The Morgan fingerprint density at radius 1 is 1.05 bits per heavy atom. The van der Waals surface area contributed by atoms with Crippen LogP contribution in [0.3, 0.4) is 0 Å². The van der Waals surface area contributed by atoms with Gasteiger partial charge in [0.1, 0.15) is 0 Å². The summed E-state index contributed by atoms with van der Waals surface area (Å²) in [5.74, 6) is 1.25. The molecule has 1 aromatic rings. The van der Waals surface area contributed by atoms with Crippen LogP contribution in [0.25, 0.3) is 6.08 Å². The van der Waals surface area contributed by atoms with Gasteiger partial charge in [-0.3, -0.25) is 0 Å². The molecule has 1 aromatic carbocycles. The highest BCUT2D eigenvalue weighted by Gasteiger charge is 2.19. The van der Waals surface area contributed by atoms with Gasteiger partial charge in [-0.25, -0.2) is 13.1 Å². The zero-order valence-corrected chi connectivity index (χ0v) is 13.5. The van der Waals surface area contributed by atoms with Gasteiger partial charge in [0.05, 0.1) is 0 Å².